The summed E-state index contributed by atoms with van der Waals surface area (Å²) in [5.41, 5.74) is 0.851. The zero-order valence-electron chi connectivity index (χ0n) is 18.4. The number of carbonyl (C=O) groups is 2. The number of amides is 1. The molecule has 0 aliphatic heterocycles. The van der Waals surface area contributed by atoms with Crippen molar-refractivity contribution in [2.24, 2.45) is 7.05 Å². The number of thiophene rings is 1. The fraction of sp³-hybridized carbons (Fsp3) is 0.261. The van der Waals surface area contributed by atoms with Gasteiger partial charge in [-0.1, -0.05) is 37.3 Å². The largest absolute Gasteiger partial charge is 0.462 e. The smallest absolute Gasteiger partial charge is 0.343 e. The second-order valence-electron chi connectivity index (χ2n) is 7.32. The molecule has 0 saturated heterocycles. The van der Waals surface area contributed by atoms with Crippen molar-refractivity contribution in [1.29, 1.82) is 0 Å². The van der Waals surface area contributed by atoms with E-state index < -0.39 is 17.9 Å². The number of esters is 1. The van der Waals surface area contributed by atoms with Gasteiger partial charge in [-0.2, -0.15) is 5.10 Å². The molecule has 0 radical (unpaired) electrons. The Morgan fingerprint density at radius 2 is 1.97 bits per heavy atom. The number of ether oxygens (including phenoxy) is 1. The quantitative estimate of drug-likeness (QED) is 0.418. The molecule has 170 valence electrons. The molecule has 1 aromatic carbocycles. The zero-order chi connectivity index (χ0) is 23.5. The van der Waals surface area contributed by atoms with Gasteiger partial charge >= 0.3 is 5.97 Å². The Bertz CT molecular complexity index is 1370. The molecule has 0 bridgehead atoms. The summed E-state index contributed by atoms with van der Waals surface area (Å²) in [7, 11) is 1.61. The summed E-state index contributed by atoms with van der Waals surface area (Å²) in [6.07, 6.45) is 3.09. The van der Waals surface area contributed by atoms with Gasteiger partial charge in [0.1, 0.15) is 22.3 Å². The van der Waals surface area contributed by atoms with Crippen LogP contribution in [0.2, 0.25) is 0 Å². The highest BCUT2D eigenvalue weighted by atomic mass is 32.1. The van der Waals surface area contributed by atoms with E-state index in [0.717, 1.165) is 10.4 Å². The van der Waals surface area contributed by atoms with E-state index in [0.29, 0.717) is 16.6 Å². The first-order valence-corrected chi connectivity index (χ1v) is 11.3. The van der Waals surface area contributed by atoms with Crippen molar-refractivity contribution in [1.82, 2.24) is 19.3 Å². The van der Waals surface area contributed by atoms with Gasteiger partial charge in [-0.05, 0) is 25.0 Å². The molecular weight excluding hydrogens is 442 g/mol. The summed E-state index contributed by atoms with van der Waals surface area (Å²) < 4.78 is 7.75. The minimum absolute atomic E-state index is 0.147. The summed E-state index contributed by atoms with van der Waals surface area (Å²) in [6.45, 7) is 3.70. The molecule has 9 nitrogen and oxygen atoms in total. The highest BCUT2D eigenvalue weighted by Gasteiger charge is 2.25. The van der Waals surface area contributed by atoms with Gasteiger partial charge < -0.3 is 10.1 Å². The van der Waals surface area contributed by atoms with Gasteiger partial charge in [-0.25, -0.2) is 9.78 Å². The van der Waals surface area contributed by atoms with Crippen molar-refractivity contribution >= 4 is 39.2 Å². The molecule has 1 N–H and O–H groups in total. The average Bonchev–Trinajstić information content (AvgIpc) is 3.41. The maximum Gasteiger partial charge on any atom is 0.343 e. The van der Waals surface area contributed by atoms with Gasteiger partial charge in [-0.15, -0.1) is 11.3 Å². The number of nitrogens with one attached hydrogen (secondary N) is 1. The number of rotatable bonds is 7. The van der Waals surface area contributed by atoms with Crippen molar-refractivity contribution in [3.05, 3.63) is 64.8 Å². The van der Waals surface area contributed by atoms with Gasteiger partial charge in [0.15, 0.2) is 0 Å². The number of fused-ring (bicyclic) bond motifs is 1. The first kappa shape index (κ1) is 22.4. The number of aromatic nitrogens is 4. The second kappa shape index (κ2) is 9.37. The normalized spacial score (nSPS) is 12.0. The van der Waals surface area contributed by atoms with Gasteiger partial charge in [0, 0.05) is 11.9 Å². The monoisotopic (exact) mass is 465 g/mol. The number of carbonyl (C=O) groups excluding carboxylic acids is 2. The fourth-order valence-corrected chi connectivity index (χ4v) is 4.55. The van der Waals surface area contributed by atoms with Crippen LogP contribution in [0.25, 0.3) is 20.7 Å². The van der Waals surface area contributed by atoms with E-state index in [1.807, 2.05) is 36.4 Å². The molecule has 3 heterocycles. The molecule has 4 rings (SSSR count). The lowest BCUT2D eigenvalue weighted by Crippen LogP contribution is -2.33. The number of hydrogen-bond donors (Lipinski definition) is 1. The molecule has 33 heavy (non-hydrogen) atoms. The lowest BCUT2D eigenvalue weighted by molar-refractivity contribution is -0.119. The molecule has 10 heteroatoms. The lowest BCUT2D eigenvalue weighted by atomic mass is 10.1. The Hall–Kier alpha value is -3.79. The van der Waals surface area contributed by atoms with Crippen LogP contribution in [0.3, 0.4) is 0 Å². The number of anilines is 1. The minimum atomic E-state index is -0.820. The van der Waals surface area contributed by atoms with Crippen LogP contribution in [-0.2, 0) is 16.6 Å². The van der Waals surface area contributed by atoms with Crippen molar-refractivity contribution in [2.75, 3.05) is 11.9 Å². The van der Waals surface area contributed by atoms with Crippen LogP contribution < -0.4 is 10.9 Å². The third-order valence-corrected chi connectivity index (χ3v) is 6.33. The summed E-state index contributed by atoms with van der Waals surface area (Å²) in [5.74, 6) is -0.824. The molecule has 1 amide bonds. The topological polar surface area (TPSA) is 108 Å². The predicted octanol–water partition coefficient (Wildman–Crippen LogP) is 3.63. The third kappa shape index (κ3) is 4.29. The van der Waals surface area contributed by atoms with E-state index in [1.165, 1.54) is 33.1 Å². The van der Waals surface area contributed by atoms with Crippen molar-refractivity contribution in [3.63, 3.8) is 0 Å². The Labute approximate surface area is 193 Å². The maximum absolute atomic E-state index is 13.3. The third-order valence-electron chi connectivity index (χ3n) is 5.24. The van der Waals surface area contributed by atoms with E-state index in [4.69, 9.17) is 4.74 Å². The Kier molecular flexibility index (Phi) is 6.36. The second-order valence-corrected chi connectivity index (χ2v) is 8.35. The van der Waals surface area contributed by atoms with Crippen molar-refractivity contribution < 1.29 is 14.3 Å². The summed E-state index contributed by atoms with van der Waals surface area (Å²) in [4.78, 5) is 44.6. The Morgan fingerprint density at radius 3 is 2.67 bits per heavy atom. The van der Waals surface area contributed by atoms with E-state index >= 15 is 0 Å². The molecule has 4 aromatic rings. The Morgan fingerprint density at radius 1 is 1.21 bits per heavy atom. The van der Waals surface area contributed by atoms with Crippen LogP contribution in [0.5, 0.6) is 0 Å². The van der Waals surface area contributed by atoms with Gasteiger partial charge in [0.2, 0.25) is 5.91 Å². The van der Waals surface area contributed by atoms with Crippen LogP contribution in [0.1, 0.15) is 36.7 Å². The highest BCUT2D eigenvalue weighted by Crippen LogP contribution is 2.31. The molecule has 0 saturated carbocycles. The summed E-state index contributed by atoms with van der Waals surface area (Å²) in [6, 6.07) is 10.7. The molecule has 3 aromatic heterocycles. The van der Waals surface area contributed by atoms with Gasteiger partial charge in [0.25, 0.3) is 5.56 Å². The van der Waals surface area contributed by atoms with Crippen LogP contribution >= 0.6 is 11.3 Å². The molecule has 0 aliphatic carbocycles. The summed E-state index contributed by atoms with van der Waals surface area (Å²) >= 11 is 1.43. The van der Waals surface area contributed by atoms with E-state index in [9.17, 15) is 14.4 Å². The van der Waals surface area contributed by atoms with Crippen LogP contribution in [-0.4, -0.2) is 37.8 Å². The SMILES string of the molecule is CCOC(=O)c1cnn(C)c1NC(=O)C(CC)n1cnc2sc(-c3ccccc3)cc2c1=O. The Balaban J connectivity index is 1.67. The van der Waals surface area contributed by atoms with Crippen LogP contribution in [0, 0.1) is 0 Å². The molecule has 0 aliphatic rings. The molecule has 0 fully saturated rings. The molecular formula is C23H23N5O4S. The number of hydrogen-bond acceptors (Lipinski definition) is 7. The first-order chi connectivity index (χ1) is 15.9. The lowest BCUT2D eigenvalue weighted by Gasteiger charge is -2.18. The first-order valence-electron chi connectivity index (χ1n) is 10.5. The standard InChI is InChI=1S/C23H23N5O4S/c1-4-17(20(29)26-19-16(12-25-27(19)3)23(31)32-5-2)28-13-24-21-15(22(28)30)11-18(33-21)14-9-7-6-8-10-14/h6-13,17H,4-5H2,1-3H3,(H,26,29). The van der Waals surface area contributed by atoms with Gasteiger partial charge in [0.05, 0.1) is 24.5 Å². The fourth-order valence-electron chi connectivity index (χ4n) is 3.56. The number of nitrogens with zero attached hydrogens (tertiary/aromatic N) is 4. The zero-order valence-corrected chi connectivity index (χ0v) is 19.3. The highest BCUT2D eigenvalue weighted by molar-refractivity contribution is 7.21. The van der Waals surface area contributed by atoms with Crippen LogP contribution in [0.15, 0.2) is 53.7 Å². The number of aryl methyl sites for hydroxylation is 1. The van der Waals surface area contributed by atoms with Crippen LogP contribution in [0.4, 0.5) is 5.82 Å². The molecule has 0 spiro atoms. The minimum Gasteiger partial charge on any atom is -0.462 e. The van der Waals surface area contributed by atoms with E-state index in [-0.39, 0.29) is 23.5 Å². The number of benzene rings is 1. The van der Waals surface area contributed by atoms with Gasteiger partial charge in [-0.3, -0.25) is 18.8 Å². The van der Waals surface area contributed by atoms with Crippen molar-refractivity contribution in [3.8, 4) is 10.4 Å². The van der Waals surface area contributed by atoms with E-state index in [1.54, 1.807) is 20.9 Å². The van der Waals surface area contributed by atoms with E-state index in [2.05, 4.69) is 15.4 Å². The maximum atomic E-state index is 13.3. The van der Waals surface area contributed by atoms with Crippen molar-refractivity contribution in [2.45, 2.75) is 26.3 Å². The average molecular weight is 466 g/mol. The molecule has 1 unspecified atom stereocenters. The summed E-state index contributed by atoms with van der Waals surface area (Å²) in [5, 5.41) is 7.23. The predicted molar refractivity (Wildman–Crippen MR) is 126 cm³/mol. The molecule has 1 atom stereocenters.